The highest BCUT2D eigenvalue weighted by Gasteiger charge is 2.09. The van der Waals surface area contributed by atoms with Crippen LogP contribution in [-0.4, -0.2) is 30.4 Å². The maximum atomic E-state index is 12.8. The minimum absolute atomic E-state index is 0.121. The van der Waals surface area contributed by atoms with Crippen LogP contribution in [0.15, 0.2) is 42.5 Å². The van der Waals surface area contributed by atoms with E-state index in [1.165, 1.54) is 43.1 Å². The molecule has 2 aromatic rings. The molecule has 0 unspecified atom stereocenters. The van der Waals surface area contributed by atoms with Crippen molar-refractivity contribution in [3.63, 3.8) is 0 Å². The van der Waals surface area contributed by atoms with Gasteiger partial charge in [0, 0.05) is 5.69 Å². The van der Waals surface area contributed by atoms with Gasteiger partial charge in [0.2, 0.25) is 11.8 Å². The van der Waals surface area contributed by atoms with E-state index in [4.69, 9.17) is 4.74 Å². The van der Waals surface area contributed by atoms with E-state index >= 15 is 0 Å². The van der Waals surface area contributed by atoms with Gasteiger partial charge < -0.3 is 15.4 Å². The summed E-state index contributed by atoms with van der Waals surface area (Å²) < 4.78 is 18.0. The number of hydrogen-bond acceptors (Lipinski definition) is 4. The van der Waals surface area contributed by atoms with Crippen LogP contribution >= 0.6 is 11.8 Å². The number of halogens is 1. The zero-order valence-electron chi connectivity index (χ0n) is 14.0. The Balaban J connectivity index is 1.77. The van der Waals surface area contributed by atoms with Crippen LogP contribution in [0.3, 0.4) is 0 Å². The predicted molar refractivity (Wildman–Crippen MR) is 98.7 cm³/mol. The van der Waals surface area contributed by atoms with Crippen LogP contribution in [0.5, 0.6) is 5.75 Å². The van der Waals surface area contributed by atoms with Crippen LogP contribution in [0, 0.1) is 12.7 Å². The summed E-state index contributed by atoms with van der Waals surface area (Å²) in [7, 11) is 1.54. The first kappa shape index (κ1) is 18.8. The SMILES string of the molecule is COc1ccc(C)cc1NC(=O)CSCC(=O)Nc1ccc(F)cc1. The van der Waals surface area contributed by atoms with Crippen LogP contribution in [-0.2, 0) is 9.59 Å². The van der Waals surface area contributed by atoms with Crippen molar-refractivity contribution >= 4 is 35.0 Å². The van der Waals surface area contributed by atoms with E-state index in [2.05, 4.69) is 10.6 Å². The molecule has 25 heavy (non-hydrogen) atoms. The molecule has 0 aromatic heterocycles. The minimum atomic E-state index is -0.365. The summed E-state index contributed by atoms with van der Waals surface area (Å²) in [5, 5.41) is 5.41. The maximum absolute atomic E-state index is 12.8. The van der Waals surface area contributed by atoms with E-state index in [0.29, 0.717) is 17.1 Å². The van der Waals surface area contributed by atoms with E-state index in [9.17, 15) is 14.0 Å². The molecule has 132 valence electrons. The van der Waals surface area contributed by atoms with Crippen molar-refractivity contribution in [2.75, 3.05) is 29.2 Å². The third kappa shape index (κ3) is 6.11. The average Bonchev–Trinajstić information content (AvgIpc) is 2.57. The normalized spacial score (nSPS) is 10.2. The van der Waals surface area contributed by atoms with Crippen molar-refractivity contribution in [2.45, 2.75) is 6.92 Å². The molecule has 5 nitrogen and oxygen atoms in total. The third-order valence-electron chi connectivity index (χ3n) is 3.22. The van der Waals surface area contributed by atoms with Crippen LogP contribution in [0.1, 0.15) is 5.56 Å². The molecule has 0 aliphatic rings. The fourth-order valence-corrected chi connectivity index (χ4v) is 2.69. The lowest BCUT2D eigenvalue weighted by molar-refractivity contribution is -0.114. The zero-order valence-corrected chi connectivity index (χ0v) is 14.8. The first-order chi connectivity index (χ1) is 12.0. The molecule has 2 amide bonds. The van der Waals surface area contributed by atoms with E-state index in [1.54, 1.807) is 6.07 Å². The molecule has 0 aliphatic carbocycles. The Morgan fingerprint density at radius 1 is 1.04 bits per heavy atom. The second-order valence-electron chi connectivity index (χ2n) is 5.30. The Kier molecular flexibility index (Phi) is 6.82. The summed E-state index contributed by atoms with van der Waals surface area (Å²) in [5.74, 6) is -0.00130. The van der Waals surface area contributed by atoms with Gasteiger partial charge in [-0.2, -0.15) is 0 Å². The topological polar surface area (TPSA) is 67.4 Å². The molecule has 0 aliphatic heterocycles. The van der Waals surface area contributed by atoms with Gasteiger partial charge in [0.15, 0.2) is 0 Å². The van der Waals surface area contributed by atoms with Gasteiger partial charge in [0.1, 0.15) is 11.6 Å². The lowest BCUT2D eigenvalue weighted by atomic mass is 10.2. The molecule has 0 atom stereocenters. The first-order valence-electron chi connectivity index (χ1n) is 7.55. The number of carbonyl (C=O) groups is 2. The maximum Gasteiger partial charge on any atom is 0.234 e. The quantitative estimate of drug-likeness (QED) is 0.792. The molecule has 0 radical (unpaired) electrons. The molecule has 2 aromatic carbocycles. The van der Waals surface area contributed by atoms with Crippen LogP contribution in [0.4, 0.5) is 15.8 Å². The van der Waals surface area contributed by atoms with Crippen molar-refractivity contribution in [2.24, 2.45) is 0 Å². The Hall–Kier alpha value is -2.54. The van der Waals surface area contributed by atoms with Gasteiger partial charge in [-0.25, -0.2) is 4.39 Å². The molecule has 0 fully saturated rings. The fourth-order valence-electron chi connectivity index (χ4n) is 2.07. The number of nitrogens with one attached hydrogen (secondary N) is 2. The lowest BCUT2D eigenvalue weighted by Gasteiger charge is -2.11. The number of ether oxygens (including phenoxy) is 1. The molecule has 0 heterocycles. The second-order valence-corrected chi connectivity index (χ2v) is 6.29. The number of benzene rings is 2. The summed E-state index contributed by atoms with van der Waals surface area (Å²) in [4.78, 5) is 23.8. The van der Waals surface area contributed by atoms with Crippen LogP contribution < -0.4 is 15.4 Å². The van der Waals surface area contributed by atoms with Gasteiger partial charge in [-0.3, -0.25) is 9.59 Å². The summed E-state index contributed by atoms with van der Waals surface area (Å²) in [5.41, 5.74) is 2.12. The number of amides is 2. The monoisotopic (exact) mass is 362 g/mol. The van der Waals surface area contributed by atoms with E-state index in [-0.39, 0.29) is 29.1 Å². The smallest absolute Gasteiger partial charge is 0.234 e. The second kappa shape index (κ2) is 9.08. The van der Waals surface area contributed by atoms with Crippen molar-refractivity contribution in [3.8, 4) is 5.75 Å². The number of hydrogen-bond donors (Lipinski definition) is 2. The largest absolute Gasteiger partial charge is 0.495 e. The van der Waals surface area contributed by atoms with Gasteiger partial charge in [-0.15, -0.1) is 11.8 Å². The standard InChI is InChI=1S/C18H19FN2O3S/c1-12-3-8-16(24-2)15(9-12)21-18(23)11-25-10-17(22)20-14-6-4-13(19)5-7-14/h3-9H,10-11H2,1-2H3,(H,20,22)(H,21,23). The summed E-state index contributed by atoms with van der Waals surface area (Å²) in [6.07, 6.45) is 0. The lowest BCUT2D eigenvalue weighted by Crippen LogP contribution is -2.18. The Labute approximate surface area is 150 Å². The number of rotatable bonds is 7. The Bertz CT molecular complexity index is 750. The van der Waals surface area contributed by atoms with E-state index in [1.807, 2.05) is 19.1 Å². The Morgan fingerprint density at radius 3 is 2.32 bits per heavy atom. The van der Waals surface area contributed by atoms with Crippen LogP contribution in [0.2, 0.25) is 0 Å². The first-order valence-corrected chi connectivity index (χ1v) is 8.71. The van der Waals surface area contributed by atoms with Gasteiger partial charge in [-0.05, 0) is 48.9 Å². The summed E-state index contributed by atoms with van der Waals surface area (Å²) in [6, 6.07) is 11.0. The molecule has 0 saturated heterocycles. The predicted octanol–water partition coefficient (Wildman–Crippen LogP) is 3.45. The van der Waals surface area contributed by atoms with Crippen molar-refractivity contribution in [3.05, 3.63) is 53.8 Å². The van der Waals surface area contributed by atoms with Gasteiger partial charge in [0.25, 0.3) is 0 Å². The van der Waals surface area contributed by atoms with Crippen molar-refractivity contribution < 1.29 is 18.7 Å². The fraction of sp³-hybridized carbons (Fsp3) is 0.222. The molecule has 0 saturated carbocycles. The molecule has 7 heteroatoms. The molecule has 2 rings (SSSR count). The number of methoxy groups -OCH3 is 1. The number of carbonyl (C=O) groups excluding carboxylic acids is 2. The summed E-state index contributed by atoms with van der Waals surface area (Å²) in [6.45, 7) is 1.92. The van der Waals surface area contributed by atoms with Gasteiger partial charge in [-0.1, -0.05) is 6.07 Å². The molecule has 2 N–H and O–H groups in total. The molecular formula is C18H19FN2O3S. The number of anilines is 2. The highest BCUT2D eigenvalue weighted by molar-refractivity contribution is 8.00. The average molecular weight is 362 g/mol. The summed E-state index contributed by atoms with van der Waals surface area (Å²) >= 11 is 1.19. The number of aryl methyl sites for hydroxylation is 1. The van der Waals surface area contributed by atoms with Crippen LogP contribution in [0.25, 0.3) is 0 Å². The molecular weight excluding hydrogens is 343 g/mol. The van der Waals surface area contributed by atoms with Crippen molar-refractivity contribution in [1.82, 2.24) is 0 Å². The van der Waals surface area contributed by atoms with Crippen molar-refractivity contribution in [1.29, 1.82) is 0 Å². The van der Waals surface area contributed by atoms with E-state index in [0.717, 1.165) is 5.56 Å². The highest BCUT2D eigenvalue weighted by Crippen LogP contribution is 2.25. The van der Waals surface area contributed by atoms with Gasteiger partial charge in [0.05, 0.1) is 24.3 Å². The Morgan fingerprint density at radius 2 is 1.68 bits per heavy atom. The zero-order chi connectivity index (χ0) is 18.2. The highest BCUT2D eigenvalue weighted by atomic mass is 32.2. The number of thioether (sulfide) groups is 1. The molecule has 0 bridgehead atoms. The third-order valence-corrected chi connectivity index (χ3v) is 4.16. The van der Waals surface area contributed by atoms with Gasteiger partial charge >= 0.3 is 0 Å². The minimum Gasteiger partial charge on any atom is -0.495 e. The van der Waals surface area contributed by atoms with E-state index < -0.39 is 0 Å². The molecule has 0 spiro atoms.